The molecule has 1 spiro atoms. The molecule has 0 saturated carbocycles. The van der Waals surface area contributed by atoms with Crippen molar-refractivity contribution in [3.63, 3.8) is 0 Å². The SMILES string of the molecule is CNN1CCC2(C=Cc3ccccc32)CC1. The van der Waals surface area contributed by atoms with E-state index in [0.717, 1.165) is 13.1 Å². The largest absolute Gasteiger partial charge is 0.258 e. The summed E-state index contributed by atoms with van der Waals surface area (Å²) < 4.78 is 0. The second-order valence-electron chi connectivity index (χ2n) is 4.79. The maximum absolute atomic E-state index is 3.24. The maximum Gasteiger partial charge on any atom is 0.0166 e. The van der Waals surface area contributed by atoms with E-state index in [1.807, 2.05) is 7.05 Å². The van der Waals surface area contributed by atoms with Crippen LogP contribution in [0.2, 0.25) is 0 Å². The number of benzene rings is 1. The van der Waals surface area contributed by atoms with Crippen LogP contribution in [0.15, 0.2) is 30.3 Å². The van der Waals surface area contributed by atoms with Crippen LogP contribution in [0.25, 0.3) is 6.08 Å². The van der Waals surface area contributed by atoms with Gasteiger partial charge < -0.3 is 0 Å². The van der Waals surface area contributed by atoms with Gasteiger partial charge in [-0.1, -0.05) is 36.4 Å². The van der Waals surface area contributed by atoms with Crippen LogP contribution in [0.1, 0.15) is 24.0 Å². The van der Waals surface area contributed by atoms with Gasteiger partial charge in [-0.05, 0) is 31.0 Å². The van der Waals surface area contributed by atoms with Gasteiger partial charge in [-0.15, -0.1) is 0 Å². The third-order valence-electron chi connectivity index (χ3n) is 4.05. The minimum atomic E-state index is 0.323. The Morgan fingerprint density at radius 3 is 2.69 bits per heavy atom. The van der Waals surface area contributed by atoms with Crippen molar-refractivity contribution < 1.29 is 0 Å². The first-order valence-electron chi connectivity index (χ1n) is 6.05. The first-order chi connectivity index (χ1) is 7.84. The van der Waals surface area contributed by atoms with Crippen LogP contribution in [-0.2, 0) is 5.41 Å². The van der Waals surface area contributed by atoms with Crippen LogP contribution in [-0.4, -0.2) is 25.1 Å². The second-order valence-corrected chi connectivity index (χ2v) is 4.79. The summed E-state index contributed by atoms with van der Waals surface area (Å²) in [5.74, 6) is 0. The van der Waals surface area contributed by atoms with Gasteiger partial charge >= 0.3 is 0 Å². The smallest absolute Gasteiger partial charge is 0.0166 e. The van der Waals surface area contributed by atoms with Crippen LogP contribution in [0.4, 0.5) is 0 Å². The lowest BCUT2D eigenvalue weighted by molar-refractivity contribution is 0.137. The molecule has 16 heavy (non-hydrogen) atoms. The molecule has 1 saturated heterocycles. The summed E-state index contributed by atoms with van der Waals surface area (Å²) >= 11 is 0. The zero-order valence-electron chi connectivity index (χ0n) is 9.74. The van der Waals surface area contributed by atoms with Crippen molar-refractivity contribution in [2.45, 2.75) is 18.3 Å². The topological polar surface area (TPSA) is 15.3 Å². The van der Waals surface area contributed by atoms with Gasteiger partial charge in [0, 0.05) is 18.5 Å². The number of fused-ring (bicyclic) bond motifs is 2. The molecule has 2 aliphatic rings. The Morgan fingerprint density at radius 1 is 1.19 bits per heavy atom. The summed E-state index contributed by atoms with van der Waals surface area (Å²) in [5.41, 5.74) is 6.52. The Bertz CT molecular complexity index is 414. The quantitative estimate of drug-likeness (QED) is 0.771. The van der Waals surface area contributed by atoms with Gasteiger partial charge in [0.15, 0.2) is 0 Å². The van der Waals surface area contributed by atoms with Gasteiger partial charge in [0.1, 0.15) is 0 Å². The molecule has 0 atom stereocenters. The van der Waals surface area contributed by atoms with Gasteiger partial charge in [0.2, 0.25) is 0 Å². The zero-order chi connectivity index (χ0) is 11.0. The van der Waals surface area contributed by atoms with Gasteiger partial charge in [-0.3, -0.25) is 5.43 Å². The maximum atomic E-state index is 3.24. The van der Waals surface area contributed by atoms with Gasteiger partial charge in [0.25, 0.3) is 0 Å². The molecular formula is C14H18N2. The van der Waals surface area contributed by atoms with E-state index < -0.39 is 0 Å². The Balaban J connectivity index is 1.90. The standard InChI is InChI=1S/C14H18N2/c1-15-16-10-8-14(9-11-16)7-6-12-4-2-3-5-13(12)14/h2-7,15H,8-11H2,1H3. The number of hydrogen-bond acceptors (Lipinski definition) is 2. The predicted molar refractivity (Wildman–Crippen MR) is 67.0 cm³/mol. The highest BCUT2D eigenvalue weighted by Gasteiger charge is 2.37. The molecule has 0 aromatic heterocycles. The number of piperidine rings is 1. The second kappa shape index (κ2) is 3.72. The average molecular weight is 214 g/mol. The van der Waals surface area contributed by atoms with Crippen molar-refractivity contribution in [2.75, 3.05) is 20.1 Å². The fraction of sp³-hybridized carbons (Fsp3) is 0.429. The minimum Gasteiger partial charge on any atom is -0.258 e. The van der Waals surface area contributed by atoms with Crippen LogP contribution < -0.4 is 5.43 Å². The number of nitrogens with zero attached hydrogens (tertiary/aromatic N) is 1. The zero-order valence-corrected chi connectivity index (χ0v) is 9.74. The number of hydrazine groups is 1. The van der Waals surface area contributed by atoms with Gasteiger partial charge in [-0.2, -0.15) is 0 Å². The molecule has 1 N–H and O–H groups in total. The Morgan fingerprint density at radius 2 is 1.94 bits per heavy atom. The monoisotopic (exact) mass is 214 g/mol. The summed E-state index contributed by atoms with van der Waals surface area (Å²) in [5, 5.41) is 2.31. The van der Waals surface area contributed by atoms with E-state index in [1.54, 1.807) is 0 Å². The molecule has 1 aliphatic heterocycles. The molecular weight excluding hydrogens is 196 g/mol. The Labute approximate surface area is 96.9 Å². The molecule has 0 unspecified atom stereocenters. The molecule has 1 fully saturated rings. The van der Waals surface area contributed by atoms with E-state index in [1.165, 1.54) is 24.0 Å². The summed E-state index contributed by atoms with van der Waals surface area (Å²) in [4.78, 5) is 0. The number of nitrogens with one attached hydrogen (secondary N) is 1. The van der Waals surface area contributed by atoms with E-state index in [0.29, 0.717) is 5.41 Å². The lowest BCUT2D eigenvalue weighted by Gasteiger charge is -2.38. The summed E-state index contributed by atoms with van der Waals surface area (Å²) in [6.07, 6.45) is 7.16. The van der Waals surface area contributed by atoms with Crippen molar-refractivity contribution >= 4 is 6.08 Å². The summed E-state index contributed by atoms with van der Waals surface area (Å²) in [6.45, 7) is 2.27. The van der Waals surface area contributed by atoms with Gasteiger partial charge in [-0.25, -0.2) is 5.01 Å². The van der Waals surface area contributed by atoms with Crippen LogP contribution in [0.5, 0.6) is 0 Å². The van der Waals surface area contributed by atoms with E-state index in [2.05, 4.69) is 46.9 Å². The van der Waals surface area contributed by atoms with Crippen molar-refractivity contribution in [1.82, 2.24) is 10.4 Å². The van der Waals surface area contributed by atoms with Crippen molar-refractivity contribution in [3.8, 4) is 0 Å². The molecule has 1 heterocycles. The Kier molecular flexibility index (Phi) is 2.34. The lowest BCUT2D eigenvalue weighted by atomic mass is 9.75. The third-order valence-corrected chi connectivity index (χ3v) is 4.05. The van der Waals surface area contributed by atoms with E-state index in [-0.39, 0.29) is 0 Å². The highest BCUT2D eigenvalue weighted by atomic mass is 15.5. The summed E-state index contributed by atoms with van der Waals surface area (Å²) in [6, 6.07) is 8.82. The fourth-order valence-electron chi connectivity index (χ4n) is 3.00. The minimum absolute atomic E-state index is 0.323. The van der Waals surface area contributed by atoms with E-state index in [4.69, 9.17) is 0 Å². The third kappa shape index (κ3) is 1.41. The van der Waals surface area contributed by atoms with E-state index >= 15 is 0 Å². The summed E-state index contributed by atoms with van der Waals surface area (Å²) in [7, 11) is 2.01. The van der Waals surface area contributed by atoms with Crippen LogP contribution >= 0.6 is 0 Å². The first-order valence-corrected chi connectivity index (χ1v) is 6.05. The molecule has 84 valence electrons. The number of hydrogen-bond donors (Lipinski definition) is 1. The number of allylic oxidation sites excluding steroid dienone is 1. The molecule has 2 nitrogen and oxygen atoms in total. The highest BCUT2D eigenvalue weighted by molar-refractivity contribution is 5.65. The molecule has 0 radical (unpaired) electrons. The molecule has 2 heteroatoms. The van der Waals surface area contributed by atoms with Crippen molar-refractivity contribution in [2.24, 2.45) is 0 Å². The predicted octanol–water partition coefficient (Wildman–Crippen LogP) is 2.18. The molecule has 1 aromatic carbocycles. The van der Waals surface area contributed by atoms with E-state index in [9.17, 15) is 0 Å². The Hall–Kier alpha value is -1.12. The molecule has 0 bridgehead atoms. The fourth-order valence-corrected chi connectivity index (χ4v) is 3.00. The molecule has 3 rings (SSSR count). The van der Waals surface area contributed by atoms with Crippen LogP contribution in [0, 0.1) is 0 Å². The first kappa shape index (κ1) is 10.1. The highest BCUT2D eigenvalue weighted by Crippen LogP contribution is 2.43. The average Bonchev–Trinajstić information content (AvgIpc) is 2.71. The van der Waals surface area contributed by atoms with Crippen molar-refractivity contribution in [3.05, 3.63) is 41.5 Å². The molecule has 1 aromatic rings. The van der Waals surface area contributed by atoms with Gasteiger partial charge in [0.05, 0.1) is 0 Å². The lowest BCUT2D eigenvalue weighted by Crippen LogP contribution is -2.46. The number of rotatable bonds is 1. The normalized spacial score (nSPS) is 22.6. The molecule has 1 aliphatic carbocycles. The molecule has 0 amide bonds. The van der Waals surface area contributed by atoms with Crippen LogP contribution in [0.3, 0.4) is 0 Å². The van der Waals surface area contributed by atoms with Crippen molar-refractivity contribution in [1.29, 1.82) is 0 Å².